The van der Waals surface area contributed by atoms with E-state index >= 15 is 0 Å². The molecular weight excluding hydrogens is 481 g/mol. The van der Waals surface area contributed by atoms with Gasteiger partial charge in [-0.3, -0.25) is 9.59 Å². The van der Waals surface area contributed by atoms with Gasteiger partial charge in [0.25, 0.3) is 5.91 Å². The lowest BCUT2D eigenvalue weighted by atomic mass is 10.0. The summed E-state index contributed by atoms with van der Waals surface area (Å²) in [6.45, 7) is 8.26. The average Bonchev–Trinajstić information content (AvgIpc) is 3.40. The van der Waals surface area contributed by atoms with Gasteiger partial charge in [0.2, 0.25) is 5.91 Å². The van der Waals surface area contributed by atoms with Crippen molar-refractivity contribution in [1.82, 2.24) is 25.4 Å². The van der Waals surface area contributed by atoms with Crippen LogP contribution in [0.4, 0.5) is 0 Å². The molecule has 0 saturated heterocycles. The van der Waals surface area contributed by atoms with Gasteiger partial charge in [-0.2, -0.15) is 0 Å². The Labute approximate surface area is 208 Å². The Bertz CT molecular complexity index is 1000. The fourth-order valence-electron chi connectivity index (χ4n) is 3.83. The standard InChI is InChI=1S/C23H29Cl2N5O2S/c1-4-11-30-21(28-29-23(30)33-13-19(31)26-16-7-5-6-8-16)20(14(2)3)27-22(32)17-10-9-15(24)12-18(17)25/h4,9-10,12,14,16,20H,1,5-8,11,13H2,2-3H3,(H,26,31)(H,27,32)/t20-/m0/s1. The lowest BCUT2D eigenvalue weighted by Crippen LogP contribution is -2.34. The summed E-state index contributed by atoms with van der Waals surface area (Å²) in [5.74, 6) is 0.546. The molecule has 2 amide bonds. The smallest absolute Gasteiger partial charge is 0.253 e. The molecule has 0 spiro atoms. The Balaban J connectivity index is 1.75. The molecule has 2 N–H and O–H groups in total. The number of aromatic nitrogens is 3. The molecular formula is C23H29Cl2N5O2S. The first-order valence-corrected chi connectivity index (χ1v) is 12.8. The summed E-state index contributed by atoms with van der Waals surface area (Å²) in [5.41, 5.74) is 0.333. The summed E-state index contributed by atoms with van der Waals surface area (Å²) in [4.78, 5) is 25.3. The summed E-state index contributed by atoms with van der Waals surface area (Å²) in [6, 6.07) is 4.61. The molecule has 0 aliphatic heterocycles. The van der Waals surface area contributed by atoms with Crippen molar-refractivity contribution in [2.24, 2.45) is 5.92 Å². The van der Waals surface area contributed by atoms with E-state index in [0.29, 0.717) is 28.1 Å². The molecule has 1 fully saturated rings. The van der Waals surface area contributed by atoms with Gasteiger partial charge in [-0.15, -0.1) is 16.8 Å². The van der Waals surface area contributed by atoms with Crippen LogP contribution in [-0.2, 0) is 11.3 Å². The number of carbonyl (C=O) groups excluding carboxylic acids is 2. The number of carbonyl (C=O) groups is 2. The molecule has 0 bridgehead atoms. The van der Waals surface area contributed by atoms with E-state index in [9.17, 15) is 9.59 Å². The van der Waals surface area contributed by atoms with Crippen molar-refractivity contribution in [1.29, 1.82) is 0 Å². The van der Waals surface area contributed by atoms with E-state index < -0.39 is 6.04 Å². The highest BCUT2D eigenvalue weighted by molar-refractivity contribution is 7.99. The van der Waals surface area contributed by atoms with Crippen molar-refractivity contribution in [2.45, 2.75) is 63.3 Å². The minimum absolute atomic E-state index is 0.00676. The first-order chi connectivity index (χ1) is 15.8. The molecule has 3 rings (SSSR count). The quantitative estimate of drug-likeness (QED) is 0.345. The number of hydrogen-bond acceptors (Lipinski definition) is 5. The second-order valence-corrected chi connectivity index (χ2v) is 10.2. The number of allylic oxidation sites excluding steroid dienone is 1. The van der Waals surface area contributed by atoms with Crippen molar-refractivity contribution in [3.63, 3.8) is 0 Å². The van der Waals surface area contributed by atoms with Crippen molar-refractivity contribution < 1.29 is 9.59 Å². The van der Waals surface area contributed by atoms with Crippen LogP contribution in [-0.4, -0.2) is 38.4 Å². The number of hydrogen-bond donors (Lipinski definition) is 2. The fourth-order valence-corrected chi connectivity index (χ4v) is 5.09. The maximum atomic E-state index is 12.9. The van der Waals surface area contributed by atoms with Gasteiger partial charge >= 0.3 is 0 Å². The third-order valence-electron chi connectivity index (χ3n) is 5.52. The Morgan fingerprint density at radius 3 is 2.64 bits per heavy atom. The molecule has 178 valence electrons. The van der Waals surface area contributed by atoms with E-state index in [1.54, 1.807) is 18.2 Å². The molecule has 7 nitrogen and oxygen atoms in total. The Morgan fingerprint density at radius 2 is 2.00 bits per heavy atom. The number of amides is 2. The molecule has 1 aliphatic carbocycles. The first-order valence-electron chi connectivity index (χ1n) is 11.0. The zero-order chi connectivity index (χ0) is 24.0. The number of nitrogens with zero attached hydrogens (tertiary/aromatic N) is 3. The van der Waals surface area contributed by atoms with E-state index in [-0.39, 0.29) is 34.5 Å². The van der Waals surface area contributed by atoms with Crippen LogP contribution in [0.3, 0.4) is 0 Å². The topological polar surface area (TPSA) is 88.9 Å². The number of nitrogens with one attached hydrogen (secondary N) is 2. The predicted molar refractivity (Wildman–Crippen MR) is 133 cm³/mol. The second-order valence-electron chi connectivity index (χ2n) is 8.40. The van der Waals surface area contributed by atoms with E-state index in [1.807, 2.05) is 18.4 Å². The maximum Gasteiger partial charge on any atom is 0.253 e. The van der Waals surface area contributed by atoms with Gasteiger partial charge in [-0.05, 0) is 37.0 Å². The van der Waals surface area contributed by atoms with Gasteiger partial charge < -0.3 is 15.2 Å². The highest BCUT2D eigenvalue weighted by Gasteiger charge is 2.27. The van der Waals surface area contributed by atoms with Crippen molar-refractivity contribution in [3.05, 3.63) is 52.3 Å². The van der Waals surface area contributed by atoms with E-state index in [0.717, 1.165) is 12.8 Å². The van der Waals surface area contributed by atoms with Gasteiger partial charge in [-0.25, -0.2) is 0 Å². The molecule has 1 heterocycles. The molecule has 10 heteroatoms. The monoisotopic (exact) mass is 509 g/mol. The van der Waals surface area contributed by atoms with Crippen LogP contribution in [0.1, 0.15) is 61.8 Å². The second kappa shape index (κ2) is 11.9. The number of rotatable bonds is 10. The highest BCUT2D eigenvalue weighted by Crippen LogP contribution is 2.27. The van der Waals surface area contributed by atoms with Crippen LogP contribution in [0, 0.1) is 5.92 Å². The molecule has 1 aromatic carbocycles. The first kappa shape index (κ1) is 25.6. The minimum Gasteiger partial charge on any atom is -0.353 e. The SMILES string of the molecule is C=CCn1c(SCC(=O)NC2CCCC2)nnc1[C@@H](NC(=O)c1ccc(Cl)cc1Cl)C(C)C. The van der Waals surface area contributed by atoms with Crippen LogP contribution in [0.5, 0.6) is 0 Å². The molecule has 1 saturated carbocycles. The number of benzene rings is 1. The predicted octanol–water partition coefficient (Wildman–Crippen LogP) is 5.05. The fraction of sp³-hybridized carbons (Fsp3) is 0.478. The lowest BCUT2D eigenvalue weighted by molar-refractivity contribution is -0.119. The van der Waals surface area contributed by atoms with E-state index in [4.69, 9.17) is 23.2 Å². The van der Waals surface area contributed by atoms with Crippen LogP contribution < -0.4 is 10.6 Å². The zero-order valence-electron chi connectivity index (χ0n) is 18.8. The van der Waals surface area contributed by atoms with Crippen LogP contribution in [0.15, 0.2) is 36.0 Å². The summed E-state index contributed by atoms with van der Waals surface area (Å²) in [6.07, 6.45) is 6.16. The van der Waals surface area contributed by atoms with Crippen molar-refractivity contribution in [2.75, 3.05) is 5.75 Å². The molecule has 0 unspecified atom stereocenters. The highest BCUT2D eigenvalue weighted by atomic mass is 35.5. The summed E-state index contributed by atoms with van der Waals surface area (Å²) in [5, 5.41) is 16.1. The minimum atomic E-state index is -0.418. The molecule has 2 aromatic rings. The molecule has 0 radical (unpaired) electrons. The summed E-state index contributed by atoms with van der Waals surface area (Å²) < 4.78 is 1.88. The lowest BCUT2D eigenvalue weighted by Gasteiger charge is -2.23. The van der Waals surface area contributed by atoms with Gasteiger partial charge in [0.15, 0.2) is 11.0 Å². The number of halogens is 2. The number of thioether (sulfide) groups is 1. The normalized spacial score (nSPS) is 14.9. The Hall–Kier alpha value is -2.03. The van der Waals surface area contributed by atoms with Gasteiger partial charge in [0.05, 0.1) is 22.4 Å². The Kier molecular flexibility index (Phi) is 9.23. The summed E-state index contributed by atoms with van der Waals surface area (Å²) in [7, 11) is 0. The molecule has 1 aliphatic rings. The Morgan fingerprint density at radius 1 is 1.27 bits per heavy atom. The van der Waals surface area contributed by atoms with E-state index in [1.165, 1.54) is 30.7 Å². The maximum absolute atomic E-state index is 12.9. The van der Waals surface area contributed by atoms with Crippen LogP contribution in [0.25, 0.3) is 0 Å². The van der Waals surface area contributed by atoms with Gasteiger partial charge in [0.1, 0.15) is 0 Å². The molecule has 1 atom stereocenters. The third kappa shape index (κ3) is 6.74. The van der Waals surface area contributed by atoms with Crippen LogP contribution in [0.2, 0.25) is 10.0 Å². The van der Waals surface area contributed by atoms with Gasteiger partial charge in [-0.1, -0.05) is 67.7 Å². The average molecular weight is 510 g/mol. The third-order valence-corrected chi connectivity index (χ3v) is 7.03. The molecule has 33 heavy (non-hydrogen) atoms. The largest absolute Gasteiger partial charge is 0.353 e. The zero-order valence-corrected chi connectivity index (χ0v) is 21.1. The van der Waals surface area contributed by atoms with Crippen LogP contribution >= 0.6 is 35.0 Å². The summed E-state index contributed by atoms with van der Waals surface area (Å²) >= 11 is 13.5. The van der Waals surface area contributed by atoms with E-state index in [2.05, 4.69) is 27.4 Å². The van der Waals surface area contributed by atoms with Crippen molar-refractivity contribution in [3.8, 4) is 0 Å². The van der Waals surface area contributed by atoms with Crippen molar-refractivity contribution >= 4 is 46.8 Å². The molecule has 1 aromatic heterocycles. The van der Waals surface area contributed by atoms with Gasteiger partial charge in [0, 0.05) is 17.6 Å².